The molecule has 150 valence electrons. The second-order valence-electron chi connectivity index (χ2n) is 6.92. The van der Waals surface area contributed by atoms with Crippen LogP contribution in [0.25, 0.3) is 0 Å². The van der Waals surface area contributed by atoms with E-state index < -0.39 is 0 Å². The first-order valence-corrected chi connectivity index (χ1v) is 9.54. The van der Waals surface area contributed by atoms with Crippen LogP contribution in [0.2, 0.25) is 5.02 Å². The summed E-state index contributed by atoms with van der Waals surface area (Å²) in [5.41, 5.74) is 2.17. The van der Waals surface area contributed by atoms with E-state index >= 15 is 0 Å². The molecule has 0 aromatic heterocycles. The van der Waals surface area contributed by atoms with Crippen molar-refractivity contribution in [3.8, 4) is 5.75 Å². The Kier molecular flexibility index (Phi) is 8.03. The molecule has 28 heavy (non-hydrogen) atoms. The van der Waals surface area contributed by atoms with E-state index in [4.69, 9.17) is 26.5 Å². The molecule has 0 aliphatic heterocycles. The van der Waals surface area contributed by atoms with Gasteiger partial charge in [0.25, 0.3) is 0 Å². The summed E-state index contributed by atoms with van der Waals surface area (Å²) in [6.07, 6.45) is 0.773. The van der Waals surface area contributed by atoms with Gasteiger partial charge in [-0.25, -0.2) is 0 Å². The molecule has 2 rings (SSSR count). The highest BCUT2D eigenvalue weighted by Crippen LogP contribution is 2.27. The topological polar surface area (TPSA) is 79.6 Å². The van der Waals surface area contributed by atoms with Gasteiger partial charge in [0.05, 0.1) is 18.2 Å². The van der Waals surface area contributed by atoms with Crippen molar-refractivity contribution in [3.05, 3.63) is 64.2 Å². The normalized spacial score (nSPS) is 11.9. The van der Waals surface area contributed by atoms with Gasteiger partial charge in [-0.2, -0.15) is 0 Å². The molecule has 5 nitrogen and oxygen atoms in total. The molecular formula is C22H26ClNO4. The minimum absolute atomic E-state index is 0.00294. The number of Topliss-reactive ketones (excluding diaryl/α,β-unsaturated/α-hetero) is 1. The monoisotopic (exact) mass is 403 g/mol. The lowest BCUT2D eigenvalue weighted by molar-refractivity contribution is 0.0936. The number of aliphatic hydroxyl groups is 1. The molecule has 2 aromatic rings. The molecule has 0 bridgehead atoms. The van der Waals surface area contributed by atoms with Gasteiger partial charge < -0.3 is 14.6 Å². The lowest BCUT2D eigenvalue weighted by Crippen LogP contribution is -2.15. The lowest BCUT2D eigenvalue weighted by Gasteiger charge is -2.15. The van der Waals surface area contributed by atoms with E-state index in [2.05, 4.69) is 0 Å². The van der Waals surface area contributed by atoms with Gasteiger partial charge >= 0.3 is 0 Å². The molecule has 2 N–H and O–H groups in total. The maximum absolute atomic E-state index is 12.6. The standard InChI is InChI=1S/C22H26ClNO4/c1-14(2)28-21-9-8-18(12-19(21)23)20(26)11-16(13-25)10-15-4-6-17(7-5-15)22(24)27-3/h4-9,12,14,16,24-25H,10-11,13H2,1-3H3/t16-/m1/s1. The molecule has 0 saturated heterocycles. The van der Waals surface area contributed by atoms with Gasteiger partial charge in [0, 0.05) is 24.2 Å². The van der Waals surface area contributed by atoms with Crippen LogP contribution in [-0.2, 0) is 11.2 Å². The van der Waals surface area contributed by atoms with E-state index in [9.17, 15) is 9.90 Å². The zero-order chi connectivity index (χ0) is 20.7. The van der Waals surface area contributed by atoms with Gasteiger partial charge in [0.2, 0.25) is 5.90 Å². The van der Waals surface area contributed by atoms with Crippen LogP contribution in [0, 0.1) is 11.3 Å². The quantitative estimate of drug-likeness (QED) is 0.366. The molecule has 0 saturated carbocycles. The molecule has 2 aromatic carbocycles. The summed E-state index contributed by atoms with van der Waals surface area (Å²) in [6, 6.07) is 12.4. The molecular weight excluding hydrogens is 378 g/mol. The number of carbonyl (C=O) groups excluding carboxylic acids is 1. The van der Waals surface area contributed by atoms with Crippen molar-refractivity contribution in [1.29, 1.82) is 5.41 Å². The maximum Gasteiger partial charge on any atom is 0.212 e. The van der Waals surface area contributed by atoms with Crippen molar-refractivity contribution in [3.63, 3.8) is 0 Å². The maximum atomic E-state index is 12.6. The van der Waals surface area contributed by atoms with Crippen molar-refractivity contribution < 1.29 is 19.4 Å². The Morgan fingerprint density at radius 3 is 2.32 bits per heavy atom. The Balaban J connectivity index is 2.03. The third kappa shape index (κ3) is 6.08. The number of hydrogen-bond donors (Lipinski definition) is 2. The van der Waals surface area contributed by atoms with Crippen LogP contribution in [0.3, 0.4) is 0 Å². The van der Waals surface area contributed by atoms with Gasteiger partial charge in [-0.15, -0.1) is 0 Å². The third-order valence-corrected chi connectivity index (χ3v) is 4.59. The minimum Gasteiger partial charge on any atom is -0.489 e. The van der Waals surface area contributed by atoms with Crippen LogP contribution >= 0.6 is 11.6 Å². The zero-order valence-electron chi connectivity index (χ0n) is 16.4. The molecule has 1 atom stereocenters. The molecule has 6 heteroatoms. The van der Waals surface area contributed by atoms with Crippen molar-refractivity contribution >= 4 is 23.3 Å². The first-order chi connectivity index (χ1) is 13.3. The SMILES string of the molecule is COC(=N)c1ccc(C[C@@H](CO)CC(=O)c2ccc(OC(C)C)c(Cl)c2)cc1. The first-order valence-electron chi connectivity index (χ1n) is 9.16. The van der Waals surface area contributed by atoms with E-state index in [0.29, 0.717) is 28.3 Å². The highest BCUT2D eigenvalue weighted by Gasteiger charge is 2.17. The van der Waals surface area contributed by atoms with Crippen molar-refractivity contribution in [2.75, 3.05) is 13.7 Å². The van der Waals surface area contributed by atoms with E-state index in [0.717, 1.165) is 5.56 Å². The summed E-state index contributed by atoms with van der Waals surface area (Å²) in [5.74, 6) is 0.372. The van der Waals surface area contributed by atoms with Crippen molar-refractivity contribution in [1.82, 2.24) is 0 Å². The van der Waals surface area contributed by atoms with Crippen LogP contribution in [0.4, 0.5) is 0 Å². The largest absolute Gasteiger partial charge is 0.489 e. The van der Waals surface area contributed by atoms with Crippen LogP contribution in [-0.4, -0.2) is 36.6 Å². The first kappa shape index (κ1) is 21.9. The number of nitrogens with one attached hydrogen (secondary N) is 1. The van der Waals surface area contributed by atoms with E-state index in [1.54, 1.807) is 30.3 Å². The number of halogens is 1. The number of ether oxygens (including phenoxy) is 2. The van der Waals surface area contributed by atoms with Crippen LogP contribution in [0.15, 0.2) is 42.5 Å². The number of aliphatic hydroxyl groups excluding tert-OH is 1. The number of methoxy groups -OCH3 is 1. The van der Waals surface area contributed by atoms with Crippen LogP contribution in [0.5, 0.6) is 5.75 Å². The number of benzene rings is 2. The number of hydrogen-bond acceptors (Lipinski definition) is 5. The summed E-state index contributed by atoms with van der Waals surface area (Å²) in [4.78, 5) is 12.6. The van der Waals surface area contributed by atoms with Gasteiger partial charge in [0.1, 0.15) is 5.75 Å². The highest BCUT2D eigenvalue weighted by atomic mass is 35.5. The smallest absolute Gasteiger partial charge is 0.212 e. The average Bonchev–Trinajstić information content (AvgIpc) is 2.68. The fourth-order valence-corrected chi connectivity index (χ4v) is 3.07. The Morgan fingerprint density at radius 1 is 1.14 bits per heavy atom. The zero-order valence-corrected chi connectivity index (χ0v) is 17.1. The highest BCUT2D eigenvalue weighted by molar-refractivity contribution is 6.32. The second-order valence-corrected chi connectivity index (χ2v) is 7.33. The molecule has 0 aliphatic carbocycles. The van der Waals surface area contributed by atoms with Gasteiger partial charge in [-0.1, -0.05) is 23.7 Å². The van der Waals surface area contributed by atoms with Crippen molar-refractivity contribution in [2.24, 2.45) is 5.92 Å². The Morgan fingerprint density at radius 2 is 1.79 bits per heavy atom. The summed E-state index contributed by atoms with van der Waals surface area (Å²) in [7, 11) is 1.46. The molecule has 0 spiro atoms. The van der Waals surface area contributed by atoms with Gasteiger partial charge in [-0.3, -0.25) is 10.2 Å². The summed E-state index contributed by atoms with van der Waals surface area (Å²) >= 11 is 6.22. The molecule has 0 unspecified atom stereocenters. The molecule has 0 heterocycles. The summed E-state index contributed by atoms with van der Waals surface area (Å²) in [5, 5.41) is 17.8. The molecule has 0 amide bonds. The Hall–Kier alpha value is -2.37. The van der Waals surface area contributed by atoms with E-state index in [1.807, 2.05) is 26.0 Å². The average molecular weight is 404 g/mol. The van der Waals surface area contributed by atoms with Crippen LogP contribution in [0.1, 0.15) is 41.8 Å². The summed E-state index contributed by atoms with van der Waals surface area (Å²) in [6.45, 7) is 3.72. The number of carbonyl (C=O) groups is 1. The fraction of sp³-hybridized carbons (Fsp3) is 0.364. The lowest BCUT2D eigenvalue weighted by atomic mass is 9.92. The number of ketones is 1. The number of rotatable bonds is 9. The second kappa shape index (κ2) is 10.2. The van der Waals surface area contributed by atoms with E-state index in [1.165, 1.54) is 7.11 Å². The predicted octanol–water partition coefficient (Wildman–Crippen LogP) is 4.52. The van der Waals surface area contributed by atoms with Crippen molar-refractivity contribution in [2.45, 2.75) is 32.8 Å². The van der Waals surface area contributed by atoms with E-state index in [-0.39, 0.29) is 36.7 Å². The van der Waals surface area contributed by atoms with Gasteiger partial charge in [0.15, 0.2) is 5.78 Å². The molecule has 0 fully saturated rings. The Labute approximate surface area is 170 Å². The minimum atomic E-state index is -0.203. The summed E-state index contributed by atoms with van der Waals surface area (Å²) < 4.78 is 10.5. The van der Waals surface area contributed by atoms with Crippen LogP contribution < -0.4 is 4.74 Å². The third-order valence-electron chi connectivity index (χ3n) is 4.29. The van der Waals surface area contributed by atoms with Gasteiger partial charge in [-0.05, 0) is 62.1 Å². The molecule has 0 radical (unpaired) electrons. The predicted molar refractivity (Wildman–Crippen MR) is 111 cm³/mol. The molecule has 0 aliphatic rings. The Bertz CT molecular complexity index is 818. The fourth-order valence-electron chi connectivity index (χ4n) is 2.85.